The van der Waals surface area contributed by atoms with Crippen LogP contribution >= 0.6 is 0 Å². The van der Waals surface area contributed by atoms with E-state index in [1.807, 2.05) is 30.3 Å². The average molecular weight is 301 g/mol. The molecule has 0 saturated heterocycles. The zero-order valence-corrected chi connectivity index (χ0v) is 12.4. The highest BCUT2D eigenvalue weighted by atomic mass is 32.2. The SMILES string of the molecule is C#CN(Cc1ccccc1)S(=O)(=O)c1ccc(OC)cc1. The van der Waals surface area contributed by atoms with Crippen LogP contribution in [0, 0.1) is 12.5 Å². The first-order chi connectivity index (χ1) is 10.1. The smallest absolute Gasteiger partial charge is 0.271 e. The molecule has 0 aliphatic carbocycles. The van der Waals surface area contributed by atoms with Gasteiger partial charge in [0.25, 0.3) is 10.0 Å². The molecule has 0 radical (unpaired) electrons. The van der Waals surface area contributed by atoms with Gasteiger partial charge in [-0.05, 0) is 29.8 Å². The third-order valence-corrected chi connectivity index (χ3v) is 4.64. The lowest BCUT2D eigenvalue weighted by Crippen LogP contribution is -2.25. The van der Waals surface area contributed by atoms with Gasteiger partial charge in [-0.2, -0.15) is 0 Å². The second-order valence-electron chi connectivity index (χ2n) is 4.30. The molecule has 0 aromatic heterocycles. The molecule has 5 heteroatoms. The first-order valence-corrected chi connectivity index (χ1v) is 7.69. The van der Waals surface area contributed by atoms with Crippen molar-refractivity contribution < 1.29 is 13.2 Å². The molecule has 2 aromatic carbocycles. The topological polar surface area (TPSA) is 46.6 Å². The zero-order chi connectivity index (χ0) is 15.3. The largest absolute Gasteiger partial charge is 0.497 e. The molecule has 0 aliphatic rings. The minimum atomic E-state index is -3.73. The van der Waals surface area contributed by atoms with E-state index in [9.17, 15) is 8.42 Å². The second kappa shape index (κ2) is 6.33. The quantitative estimate of drug-likeness (QED) is 0.629. The number of methoxy groups -OCH3 is 1. The average Bonchev–Trinajstić information content (AvgIpc) is 2.53. The number of rotatable bonds is 5. The van der Waals surface area contributed by atoms with Crippen molar-refractivity contribution in [2.24, 2.45) is 0 Å². The Kier molecular flexibility index (Phi) is 4.51. The van der Waals surface area contributed by atoms with Crippen LogP contribution in [0.1, 0.15) is 5.56 Å². The van der Waals surface area contributed by atoms with Gasteiger partial charge in [0.15, 0.2) is 0 Å². The number of terminal acetylenes is 1. The van der Waals surface area contributed by atoms with E-state index >= 15 is 0 Å². The van der Waals surface area contributed by atoms with Crippen molar-refractivity contribution in [1.82, 2.24) is 4.31 Å². The lowest BCUT2D eigenvalue weighted by molar-refractivity contribution is 0.414. The summed E-state index contributed by atoms with van der Waals surface area (Å²) in [5, 5.41) is 0. The van der Waals surface area contributed by atoms with Crippen molar-refractivity contribution in [3.63, 3.8) is 0 Å². The highest BCUT2D eigenvalue weighted by Crippen LogP contribution is 2.20. The van der Waals surface area contributed by atoms with E-state index in [0.717, 1.165) is 9.87 Å². The van der Waals surface area contributed by atoms with Crippen LogP contribution in [0.15, 0.2) is 59.5 Å². The van der Waals surface area contributed by atoms with Gasteiger partial charge in [0, 0.05) is 6.04 Å². The van der Waals surface area contributed by atoms with E-state index in [1.165, 1.54) is 19.2 Å². The monoisotopic (exact) mass is 301 g/mol. The molecule has 21 heavy (non-hydrogen) atoms. The van der Waals surface area contributed by atoms with Gasteiger partial charge in [-0.1, -0.05) is 36.8 Å². The summed E-state index contributed by atoms with van der Waals surface area (Å²) in [5.41, 5.74) is 0.826. The van der Waals surface area contributed by atoms with Crippen LogP contribution in [0.5, 0.6) is 5.75 Å². The molecule has 0 N–H and O–H groups in total. The van der Waals surface area contributed by atoms with Crippen molar-refractivity contribution in [1.29, 1.82) is 0 Å². The van der Waals surface area contributed by atoms with Gasteiger partial charge in [-0.25, -0.2) is 12.7 Å². The number of sulfonamides is 1. The molecule has 0 saturated carbocycles. The van der Waals surface area contributed by atoms with Crippen molar-refractivity contribution in [3.8, 4) is 18.2 Å². The fourth-order valence-corrected chi connectivity index (χ4v) is 3.02. The summed E-state index contributed by atoms with van der Waals surface area (Å²) in [6.45, 7) is 0.131. The predicted molar refractivity (Wildman–Crippen MR) is 81.0 cm³/mol. The van der Waals surface area contributed by atoms with Crippen molar-refractivity contribution in [2.75, 3.05) is 7.11 Å². The minimum absolute atomic E-state index is 0.131. The summed E-state index contributed by atoms with van der Waals surface area (Å²) in [5.74, 6) is 0.587. The minimum Gasteiger partial charge on any atom is -0.497 e. The predicted octanol–water partition coefficient (Wildman–Crippen LogP) is 2.48. The van der Waals surface area contributed by atoms with Crippen LogP contribution in [0.25, 0.3) is 0 Å². The van der Waals surface area contributed by atoms with E-state index in [4.69, 9.17) is 11.2 Å². The zero-order valence-electron chi connectivity index (χ0n) is 11.6. The van der Waals surface area contributed by atoms with Crippen LogP contribution in [0.3, 0.4) is 0 Å². The molecule has 108 valence electrons. The van der Waals surface area contributed by atoms with Gasteiger partial charge >= 0.3 is 0 Å². The Balaban J connectivity index is 2.29. The maximum atomic E-state index is 12.5. The molecule has 0 bridgehead atoms. The number of hydrogen-bond acceptors (Lipinski definition) is 3. The van der Waals surface area contributed by atoms with Crippen LogP contribution in [0.4, 0.5) is 0 Å². The van der Waals surface area contributed by atoms with Gasteiger partial charge in [-0.3, -0.25) is 0 Å². The molecule has 0 aliphatic heterocycles. The van der Waals surface area contributed by atoms with E-state index in [-0.39, 0.29) is 11.4 Å². The molecule has 0 atom stereocenters. The third kappa shape index (κ3) is 3.36. The number of ether oxygens (including phenoxy) is 1. The number of hydrogen-bond donors (Lipinski definition) is 0. The molecule has 0 fully saturated rings. The van der Waals surface area contributed by atoms with Crippen LogP contribution in [-0.2, 0) is 16.6 Å². The molecule has 2 aromatic rings. The second-order valence-corrected chi connectivity index (χ2v) is 6.16. The fraction of sp³-hybridized carbons (Fsp3) is 0.125. The number of benzene rings is 2. The summed E-state index contributed by atoms with van der Waals surface area (Å²) >= 11 is 0. The molecule has 0 heterocycles. The molecule has 0 spiro atoms. The summed E-state index contributed by atoms with van der Waals surface area (Å²) < 4.78 is 31.0. The Labute approximate surface area is 125 Å². The molecule has 4 nitrogen and oxygen atoms in total. The standard InChI is InChI=1S/C16H15NO3S/c1-3-17(13-14-7-5-4-6-8-14)21(18,19)16-11-9-15(20-2)10-12-16/h1,4-12H,13H2,2H3. The van der Waals surface area contributed by atoms with Gasteiger partial charge < -0.3 is 4.74 Å². The lowest BCUT2D eigenvalue weighted by atomic mass is 10.2. The molecule has 0 amide bonds. The van der Waals surface area contributed by atoms with Crippen molar-refractivity contribution >= 4 is 10.0 Å². The van der Waals surface area contributed by atoms with E-state index in [0.29, 0.717) is 5.75 Å². The lowest BCUT2D eigenvalue weighted by Gasteiger charge is -2.18. The Morgan fingerprint density at radius 1 is 1.10 bits per heavy atom. The van der Waals surface area contributed by atoms with Crippen LogP contribution in [0.2, 0.25) is 0 Å². The van der Waals surface area contributed by atoms with Gasteiger partial charge in [0.2, 0.25) is 0 Å². The molecular formula is C16H15NO3S. The third-order valence-electron chi connectivity index (χ3n) is 2.96. The van der Waals surface area contributed by atoms with Crippen molar-refractivity contribution in [2.45, 2.75) is 11.4 Å². The van der Waals surface area contributed by atoms with E-state index in [1.54, 1.807) is 12.1 Å². The maximum absolute atomic E-state index is 12.5. The molecule has 0 unspecified atom stereocenters. The highest BCUT2D eigenvalue weighted by molar-refractivity contribution is 7.89. The van der Waals surface area contributed by atoms with E-state index in [2.05, 4.69) is 6.04 Å². The first kappa shape index (κ1) is 14.9. The van der Waals surface area contributed by atoms with Crippen LogP contribution in [-0.4, -0.2) is 19.8 Å². The van der Waals surface area contributed by atoms with E-state index < -0.39 is 10.0 Å². The Bertz CT molecular complexity index is 731. The van der Waals surface area contributed by atoms with Gasteiger partial charge in [0.1, 0.15) is 5.75 Å². The first-order valence-electron chi connectivity index (χ1n) is 6.25. The normalized spacial score (nSPS) is 10.7. The fourth-order valence-electron chi connectivity index (χ4n) is 1.82. The van der Waals surface area contributed by atoms with Crippen molar-refractivity contribution in [3.05, 3.63) is 60.2 Å². The summed E-state index contributed by atoms with van der Waals surface area (Å²) in [6, 6.07) is 17.6. The van der Waals surface area contributed by atoms with Gasteiger partial charge in [0.05, 0.1) is 18.6 Å². The summed E-state index contributed by atoms with van der Waals surface area (Å²) in [6.07, 6.45) is 5.37. The molecular weight excluding hydrogens is 286 g/mol. The Hall–Kier alpha value is -2.45. The maximum Gasteiger partial charge on any atom is 0.271 e. The molecule has 2 rings (SSSR count). The highest BCUT2D eigenvalue weighted by Gasteiger charge is 2.22. The summed E-state index contributed by atoms with van der Waals surface area (Å²) in [4.78, 5) is 0.136. The van der Waals surface area contributed by atoms with Gasteiger partial charge in [-0.15, -0.1) is 0 Å². The Morgan fingerprint density at radius 2 is 1.71 bits per heavy atom. The van der Waals surface area contributed by atoms with Crippen LogP contribution < -0.4 is 4.74 Å². The Morgan fingerprint density at radius 3 is 2.24 bits per heavy atom. The summed E-state index contributed by atoms with van der Waals surface area (Å²) in [7, 11) is -2.21. The number of nitrogens with zero attached hydrogens (tertiary/aromatic N) is 1.